The van der Waals surface area contributed by atoms with E-state index in [-0.39, 0.29) is 11.8 Å². The summed E-state index contributed by atoms with van der Waals surface area (Å²) in [5.74, 6) is 0.803. The molecular weight excluding hydrogens is 286 g/mol. The van der Waals surface area contributed by atoms with E-state index in [4.69, 9.17) is 0 Å². The van der Waals surface area contributed by atoms with E-state index in [1.807, 2.05) is 29.7 Å². The number of carbonyl (C=O) groups excluding carboxylic acids is 1. The lowest BCUT2D eigenvalue weighted by Crippen LogP contribution is -2.32. The van der Waals surface area contributed by atoms with E-state index >= 15 is 0 Å². The summed E-state index contributed by atoms with van der Waals surface area (Å²) in [6, 6.07) is 0. The molecule has 6 nitrogen and oxygen atoms in total. The molecule has 1 amide bonds. The third kappa shape index (κ3) is 2.26. The maximum atomic E-state index is 12.6. The van der Waals surface area contributed by atoms with Crippen LogP contribution in [0.1, 0.15) is 5.01 Å². The van der Waals surface area contributed by atoms with Crippen molar-refractivity contribution in [3.63, 3.8) is 0 Å². The summed E-state index contributed by atoms with van der Waals surface area (Å²) in [6.07, 6.45) is 5.52. The first-order chi connectivity index (χ1) is 10.2. The van der Waals surface area contributed by atoms with Crippen LogP contribution >= 0.6 is 11.3 Å². The number of hydrogen-bond donors (Lipinski definition) is 0. The largest absolute Gasteiger partial charge is 0.309 e. The molecule has 2 fully saturated rings. The SMILES string of the molecule is Cn1cc(N2C[C@@H]3CN(Cc4nccs4)C[C@@H]3C2=O)cn1. The van der Waals surface area contributed by atoms with E-state index in [1.54, 1.807) is 22.2 Å². The van der Waals surface area contributed by atoms with Crippen LogP contribution in [0.15, 0.2) is 24.0 Å². The number of aromatic nitrogens is 3. The molecular formula is C14H17N5OS. The molecule has 2 aromatic heterocycles. The van der Waals surface area contributed by atoms with Gasteiger partial charge < -0.3 is 4.90 Å². The molecule has 0 bridgehead atoms. The van der Waals surface area contributed by atoms with Crippen molar-refractivity contribution < 1.29 is 4.79 Å². The van der Waals surface area contributed by atoms with Crippen LogP contribution in [0.2, 0.25) is 0 Å². The van der Waals surface area contributed by atoms with Crippen molar-refractivity contribution in [1.82, 2.24) is 19.7 Å². The van der Waals surface area contributed by atoms with Crippen LogP contribution in [0.4, 0.5) is 5.69 Å². The Morgan fingerprint density at radius 3 is 2.95 bits per heavy atom. The zero-order valence-corrected chi connectivity index (χ0v) is 12.7. The fourth-order valence-corrected chi connectivity index (χ4v) is 4.04. The quantitative estimate of drug-likeness (QED) is 0.848. The molecule has 2 aliphatic heterocycles. The Balaban J connectivity index is 1.45. The van der Waals surface area contributed by atoms with Gasteiger partial charge in [0.1, 0.15) is 5.01 Å². The van der Waals surface area contributed by atoms with Crippen molar-refractivity contribution in [3.8, 4) is 0 Å². The molecule has 4 rings (SSSR count). The minimum absolute atomic E-state index is 0.130. The van der Waals surface area contributed by atoms with Gasteiger partial charge in [0, 0.05) is 50.4 Å². The number of fused-ring (bicyclic) bond motifs is 1. The van der Waals surface area contributed by atoms with Gasteiger partial charge in [0.15, 0.2) is 0 Å². The summed E-state index contributed by atoms with van der Waals surface area (Å²) in [6.45, 7) is 3.50. The Bertz CT molecular complexity index is 652. The van der Waals surface area contributed by atoms with Crippen molar-refractivity contribution in [3.05, 3.63) is 29.0 Å². The highest BCUT2D eigenvalue weighted by atomic mass is 32.1. The summed E-state index contributed by atoms with van der Waals surface area (Å²) in [5.41, 5.74) is 0.920. The number of amides is 1. The molecule has 7 heteroatoms. The van der Waals surface area contributed by atoms with Crippen LogP contribution in [0.25, 0.3) is 0 Å². The van der Waals surface area contributed by atoms with E-state index < -0.39 is 0 Å². The van der Waals surface area contributed by atoms with E-state index in [2.05, 4.69) is 15.0 Å². The molecule has 2 aromatic rings. The van der Waals surface area contributed by atoms with Gasteiger partial charge in [0.2, 0.25) is 5.91 Å². The number of anilines is 1. The molecule has 0 unspecified atom stereocenters. The van der Waals surface area contributed by atoms with Crippen LogP contribution in [-0.4, -0.2) is 45.2 Å². The zero-order valence-electron chi connectivity index (χ0n) is 11.8. The van der Waals surface area contributed by atoms with Crippen LogP contribution in [0, 0.1) is 11.8 Å². The van der Waals surface area contributed by atoms with E-state index in [9.17, 15) is 4.79 Å². The second-order valence-electron chi connectivity index (χ2n) is 5.81. The summed E-state index contributed by atoms with van der Waals surface area (Å²) < 4.78 is 1.74. The Labute approximate surface area is 127 Å². The minimum Gasteiger partial charge on any atom is -0.309 e. The summed E-state index contributed by atoms with van der Waals surface area (Å²) >= 11 is 1.68. The number of rotatable bonds is 3. The Morgan fingerprint density at radius 1 is 1.38 bits per heavy atom. The highest BCUT2D eigenvalue weighted by Crippen LogP contribution is 2.35. The van der Waals surface area contributed by atoms with Gasteiger partial charge in [-0.1, -0.05) is 0 Å². The van der Waals surface area contributed by atoms with Crippen LogP contribution in [-0.2, 0) is 18.4 Å². The zero-order chi connectivity index (χ0) is 14.4. The Morgan fingerprint density at radius 2 is 2.29 bits per heavy atom. The molecule has 2 saturated heterocycles. The first-order valence-corrected chi connectivity index (χ1v) is 7.99. The van der Waals surface area contributed by atoms with Gasteiger partial charge in [-0.05, 0) is 0 Å². The molecule has 2 atom stereocenters. The lowest BCUT2D eigenvalue weighted by Gasteiger charge is -2.19. The second kappa shape index (κ2) is 4.92. The minimum atomic E-state index is 0.130. The number of likely N-dealkylation sites (tertiary alicyclic amines) is 1. The van der Waals surface area contributed by atoms with Gasteiger partial charge in [-0.2, -0.15) is 5.10 Å². The highest BCUT2D eigenvalue weighted by Gasteiger charge is 2.46. The van der Waals surface area contributed by atoms with Gasteiger partial charge in [0.05, 0.1) is 24.3 Å². The first-order valence-electron chi connectivity index (χ1n) is 7.11. The number of carbonyl (C=O) groups is 1. The normalized spacial score (nSPS) is 25.8. The topological polar surface area (TPSA) is 54.3 Å². The van der Waals surface area contributed by atoms with Crippen molar-refractivity contribution in [2.75, 3.05) is 24.5 Å². The van der Waals surface area contributed by atoms with Gasteiger partial charge in [0.25, 0.3) is 0 Å². The van der Waals surface area contributed by atoms with Gasteiger partial charge in [-0.3, -0.25) is 14.4 Å². The maximum absolute atomic E-state index is 12.6. The van der Waals surface area contributed by atoms with Crippen LogP contribution in [0.3, 0.4) is 0 Å². The number of thiazole rings is 1. The van der Waals surface area contributed by atoms with Crippen molar-refractivity contribution in [2.45, 2.75) is 6.54 Å². The Kier molecular flexibility index (Phi) is 3.04. The molecule has 0 spiro atoms. The van der Waals surface area contributed by atoms with Gasteiger partial charge in [-0.15, -0.1) is 11.3 Å². The van der Waals surface area contributed by atoms with Crippen molar-refractivity contribution in [2.24, 2.45) is 18.9 Å². The van der Waals surface area contributed by atoms with E-state index in [0.29, 0.717) is 5.92 Å². The fourth-order valence-electron chi connectivity index (χ4n) is 3.38. The molecule has 110 valence electrons. The molecule has 21 heavy (non-hydrogen) atoms. The first kappa shape index (κ1) is 13.0. The van der Waals surface area contributed by atoms with Crippen molar-refractivity contribution in [1.29, 1.82) is 0 Å². The third-order valence-corrected chi connectivity index (χ3v) is 5.13. The summed E-state index contributed by atoms with van der Waals surface area (Å²) in [5, 5.41) is 7.29. The Hall–Kier alpha value is -1.73. The number of aryl methyl sites for hydroxylation is 1. The molecule has 0 radical (unpaired) electrons. The molecule has 0 saturated carbocycles. The molecule has 2 aliphatic rings. The lowest BCUT2D eigenvalue weighted by atomic mass is 10.0. The summed E-state index contributed by atoms with van der Waals surface area (Å²) in [4.78, 5) is 21.2. The predicted molar refractivity (Wildman–Crippen MR) is 79.9 cm³/mol. The standard InChI is InChI=1S/C14H17N5OS/c1-17-7-11(4-16-17)19-6-10-5-18(8-12(10)14(19)20)9-13-15-2-3-21-13/h2-4,7,10,12H,5-6,8-9H2,1H3/t10-,12-/m0/s1. The second-order valence-corrected chi connectivity index (χ2v) is 6.79. The lowest BCUT2D eigenvalue weighted by molar-refractivity contribution is -0.120. The van der Waals surface area contributed by atoms with Crippen LogP contribution < -0.4 is 4.90 Å². The smallest absolute Gasteiger partial charge is 0.231 e. The van der Waals surface area contributed by atoms with E-state index in [0.717, 1.165) is 36.9 Å². The van der Waals surface area contributed by atoms with Gasteiger partial charge >= 0.3 is 0 Å². The molecule has 0 N–H and O–H groups in total. The fraction of sp³-hybridized carbons (Fsp3) is 0.500. The molecule has 0 aromatic carbocycles. The highest BCUT2D eigenvalue weighted by molar-refractivity contribution is 7.09. The van der Waals surface area contributed by atoms with E-state index in [1.165, 1.54) is 0 Å². The number of nitrogens with zero attached hydrogens (tertiary/aromatic N) is 5. The molecule has 4 heterocycles. The third-order valence-electron chi connectivity index (χ3n) is 4.36. The average molecular weight is 303 g/mol. The molecule has 0 aliphatic carbocycles. The predicted octanol–water partition coefficient (Wildman–Crippen LogP) is 0.971. The van der Waals surface area contributed by atoms with Crippen LogP contribution in [0.5, 0.6) is 0 Å². The summed E-state index contributed by atoms with van der Waals surface area (Å²) in [7, 11) is 1.88. The van der Waals surface area contributed by atoms with Gasteiger partial charge in [-0.25, -0.2) is 4.98 Å². The van der Waals surface area contributed by atoms with Crippen molar-refractivity contribution >= 4 is 22.9 Å². The maximum Gasteiger partial charge on any atom is 0.231 e. The number of hydrogen-bond acceptors (Lipinski definition) is 5. The monoisotopic (exact) mass is 303 g/mol. The average Bonchev–Trinajstić information content (AvgIpc) is 3.19.